The predicted octanol–water partition coefficient (Wildman–Crippen LogP) is 3.19. The number of esters is 1. The molecule has 1 atom stereocenters. The molecule has 0 aromatic heterocycles. The van der Waals surface area contributed by atoms with Crippen molar-refractivity contribution in [1.82, 2.24) is 0 Å². The molecule has 1 N–H and O–H groups in total. The highest BCUT2D eigenvalue weighted by Gasteiger charge is 2.38. The highest BCUT2D eigenvalue weighted by atomic mass is 16.5. The maximum atomic E-state index is 11.9. The first-order valence-corrected chi connectivity index (χ1v) is 6.92. The molecule has 3 nitrogen and oxygen atoms in total. The van der Waals surface area contributed by atoms with Crippen molar-refractivity contribution in [2.45, 2.75) is 45.6 Å². The maximum absolute atomic E-state index is 11.9. The fourth-order valence-corrected chi connectivity index (χ4v) is 2.21. The van der Waals surface area contributed by atoms with Gasteiger partial charge in [0, 0.05) is 0 Å². The van der Waals surface area contributed by atoms with Gasteiger partial charge in [0.05, 0.1) is 18.1 Å². The van der Waals surface area contributed by atoms with Gasteiger partial charge < -0.3 is 9.84 Å². The third-order valence-electron chi connectivity index (χ3n) is 3.79. The van der Waals surface area contributed by atoms with Crippen LogP contribution in [0.4, 0.5) is 0 Å². The molecule has 1 aromatic rings. The van der Waals surface area contributed by atoms with Crippen LogP contribution < -0.4 is 0 Å². The molecule has 0 bridgehead atoms. The van der Waals surface area contributed by atoms with E-state index in [0.29, 0.717) is 12.5 Å². The van der Waals surface area contributed by atoms with Crippen LogP contribution in [0.2, 0.25) is 0 Å². The zero-order valence-electron chi connectivity index (χ0n) is 11.8. The molecule has 2 rings (SSSR count). The van der Waals surface area contributed by atoms with Gasteiger partial charge in [-0.2, -0.15) is 0 Å². The van der Waals surface area contributed by atoms with E-state index in [1.54, 1.807) is 20.8 Å². The standard InChI is InChI=1S/C16H22O3/c1-4-19-15(18)16(2,3)14(17)13-9-7-12(8-10-13)11-5-6-11/h7-11,14,17H,4-6H2,1-3H3. The van der Waals surface area contributed by atoms with Gasteiger partial charge in [0.15, 0.2) is 0 Å². The monoisotopic (exact) mass is 262 g/mol. The number of carbonyl (C=O) groups is 1. The van der Waals surface area contributed by atoms with Crippen molar-refractivity contribution in [1.29, 1.82) is 0 Å². The average molecular weight is 262 g/mol. The lowest BCUT2D eigenvalue weighted by molar-refractivity contribution is -0.160. The number of aliphatic hydroxyl groups excluding tert-OH is 1. The summed E-state index contributed by atoms with van der Waals surface area (Å²) < 4.78 is 5.02. The van der Waals surface area contributed by atoms with Crippen molar-refractivity contribution in [3.8, 4) is 0 Å². The minimum absolute atomic E-state index is 0.329. The van der Waals surface area contributed by atoms with Crippen LogP contribution in [0.15, 0.2) is 24.3 Å². The summed E-state index contributed by atoms with van der Waals surface area (Å²) >= 11 is 0. The molecule has 19 heavy (non-hydrogen) atoms. The van der Waals surface area contributed by atoms with E-state index >= 15 is 0 Å². The molecule has 0 saturated heterocycles. The molecule has 1 fully saturated rings. The molecule has 0 radical (unpaired) electrons. The van der Waals surface area contributed by atoms with Gasteiger partial charge in [0.2, 0.25) is 0 Å². The maximum Gasteiger partial charge on any atom is 0.314 e. The highest BCUT2D eigenvalue weighted by molar-refractivity contribution is 5.77. The number of carbonyl (C=O) groups excluding carboxylic acids is 1. The fourth-order valence-electron chi connectivity index (χ4n) is 2.21. The van der Waals surface area contributed by atoms with E-state index in [-0.39, 0.29) is 5.97 Å². The third-order valence-corrected chi connectivity index (χ3v) is 3.79. The lowest BCUT2D eigenvalue weighted by atomic mass is 9.82. The van der Waals surface area contributed by atoms with Crippen LogP contribution in [-0.2, 0) is 9.53 Å². The van der Waals surface area contributed by atoms with Gasteiger partial charge in [-0.05, 0) is 50.7 Å². The molecule has 0 heterocycles. The molecular formula is C16H22O3. The Kier molecular flexibility index (Phi) is 3.95. The van der Waals surface area contributed by atoms with E-state index in [2.05, 4.69) is 12.1 Å². The Bertz CT molecular complexity index is 444. The highest BCUT2D eigenvalue weighted by Crippen LogP contribution is 2.41. The van der Waals surface area contributed by atoms with Crippen molar-refractivity contribution in [3.05, 3.63) is 35.4 Å². The van der Waals surface area contributed by atoms with Crippen LogP contribution in [0.25, 0.3) is 0 Å². The van der Waals surface area contributed by atoms with Gasteiger partial charge in [-0.1, -0.05) is 24.3 Å². The van der Waals surface area contributed by atoms with E-state index in [0.717, 1.165) is 5.56 Å². The Labute approximate surface area is 114 Å². The summed E-state index contributed by atoms with van der Waals surface area (Å²) in [4.78, 5) is 11.9. The van der Waals surface area contributed by atoms with Crippen molar-refractivity contribution in [2.24, 2.45) is 5.41 Å². The first-order chi connectivity index (χ1) is 8.96. The summed E-state index contributed by atoms with van der Waals surface area (Å²) in [5, 5.41) is 10.4. The Morgan fingerprint density at radius 2 is 1.95 bits per heavy atom. The van der Waals surface area contributed by atoms with Crippen LogP contribution in [0, 0.1) is 5.41 Å². The Morgan fingerprint density at radius 1 is 1.37 bits per heavy atom. The quantitative estimate of drug-likeness (QED) is 0.829. The molecule has 1 aliphatic rings. The second-order valence-electron chi connectivity index (χ2n) is 5.79. The zero-order chi connectivity index (χ0) is 14.0. The van der Waals surface area contributed by atoms with Crippen molar-refractivity contribution >= 4 is 5.97 Å². The Morgan fingerprint density at radius 3 is 2.42 bits per heavy atom. The molecule has 0 aliphatic heterocycles. The van der Waals surface area contributed by atoms with Crippen LogP contribution in [0.3, 0.4) is 0 Å². The molecule has 1 saturated carbocycles. The predicted molar refractivity (Wildman–Crippen MR) is 73.8 cm³/mol. The largest absolute Gasteiger partial charge is 0.465 e. The van der Waals surface area contributed by atoms with E-state index in [9.17, 15) is 9.90 Å². The van der Waals surface area contributed by atoms with Gasteiger partial charge in [0.1, 0.15) is 0 Å². The normalized spacial score (nSPS) is 17.1. The van der Waals surface area contributed by atoms with Crippen LogP contribution in [0.5, 0.6) is 0 Å². The minimum atomic E-state index is -0.933. The number of aliphatic hydroxyl groups is 1. The molecular weight excluding hydrogens is 240 g/mol. The summed E-state index contributed by atoms with van der Waals surface area (Å²) in [7, 11) is 0. The lowest BCUT2D eigenvalue weighted by Gasteiger charge is -2.28. The summed E-state index contributed by atoms with van der Waals surface area (Å²) in [6.45, 7) is 5.52. The first-order valence-electron chi connectivity index (χ1n) is 6.92. The minimum Gasteiger partial charge on any atom is -0.465 e. The summed E-state index contributed by atoms with van der Waals surface area (Å²) in [5.41, 5.74) is 1.16. The van der Waals surface area contributed by atoms with Crippen molar-refractivity contribution in [3.63, 3.8) is 0 Å². The van der Waals surface area contributed by atoms with Crippen LogP contribution in [-0.4, -0.2) is 17.7 Å². The third kappa shape index (κ3) is 2.98. The molecule has 1 aliphatic carbocycles. The number of hydrogen-bond donors (Lipinski definition) is 1. The summed E-state index contributed by atoms with van der Waals surface area (Å²) in [6.07, 6.45) is 1.67. The first kappa shape index (κ1) is 14.1. The topological polar surface area (TPSA) is 46.5 Å². The SMILES string of the molecule is CCOC(=O)C(C)(C)C(O)c1ccc(C2CC2)cc1. The van der Waals surface area contributed by atoms with E-state index in [1.165, 1.54) is 18.4 Å². The van der Waals surface area contributed by atoms with Gasteiger partial charge in [-0.3, -0.25) is 4.79 Å². The second-order valence-corrected chi connectivity index (χ2v) is 5.79. The molecule has 0 amide bonds. The number of benzene rings is 1. The number of rotatable bonds is 5. The van der Waals surface area contributed by atoms with Crippen LogP contribution >= 0.6 is 0 Å². The zero-order valence-corrected chi connectivity index (χ0v) is 11.8. The van der Waals surface area contributed by atoms with Gasteiger partial charge in [-0.15, -0.1) is 0 Å². The average Bonchev–Trinajstić information content (AvgIpc) is 3.22. The lowest BCUT2D eigenvalue weighted by Crippen LogP contribution is -2.33. The molecule has 104 valence electrons. The Balaban J connectivity index is 2.12. The summed E-state index contributed by atoms with van der Waals surface area (Å²) in [6, 6.07) is 7.94. The van der Waals surface area contributed by atoms with Gasteiger partial charge in [0.25, 0.3) is 0 Å². The van der Waals surface area contributed by atoms with E-state index in [1.807, 2.05) is 12.1 Å². The molecule has 3 heteroatoms. The fraction of sp³-hybridized carbons (Fsp3) is 0.562. The van der Waals surface area contributed by atoms with Gasteiger partial charge >= 0.3 is 5.97 Å². The van der Waals surface area contributed by atoms with Crippen molar-refractivity contribution in [2.75, 3.05) is 6.61 Å². The number of ether oxygens (including phenoxy) is 1. The Hall–Kier alpha value is -1.35. The molecule has 0 spiro atoms. The summed E-state index contributed by atoms with van der Waals surface area (Å²) in [5.74, 6) is 0.332. The van der Waals surface area contributed by atoms with E-state index < -0.39 is 11.5 Å². The second kappa shape index (κ2) is 5.33. The number of hydrogen-bond acceptors (Lipinski definition) is 3. The van der Waals surface area contributed by atoms with Crippen molar-refractivity contribution < 1.29 is 14.6 Å². The van der Waals surface area contributed by atoms with E-state index in [4.69, 9.17) is 4.74 Å². The van der Waals surface area contributed by atoms with Crippen LogP contribution in [0.1, 0.15) is 56.8 Å². The smallest absolute Gasteiger partial charge is 0.314 e. The molecule has 1 unspecified atom stereocenters. The molecule has 1 aromatic carbocycles. The van der Waals surface area contributed by atoms with Gasteiger partial charge in [-0.25, -0.2) is 0 Å².